The zero-order valence-electron chi connectivity index (χ0n) is 19.2. The van der Waals surface area contributed by atoms with Gasteiger partial charge in [-0.15, -0.1) is 0 Å². The van der Waals surface area contributed by atoms with Gasteiger partial charge >= 0.3 is 0 Å². The molecule has 0 saturated carbocycles. The molecule has 0 radical (unpaired) electrons. The summed E-state index contributed by atoms with van der Waals surface area (Å²) in [4.78, 5) is 25.4. The van der Waals surface area contributed by atoms with E-state index in [1.54, 1.807) is 16.9 Å². The van der Waals surface area contributed by atoms with Crippen LogP contribution >= 0.6 is 0 Å². The fourth-order valence-corrected chi connectivity index (χ4v) is 3.14. The molecule has 3 aromatic heterocycles. The van der Waals surface area contributed by atoms with Crippen molar-refractivity contribution < 1.29 is 9.32 Å². The van der Waals surface area contributed by atoms with Crippen molar-refractivity contribution >= 4 is 17.5 Å². The summed E-state index contributed by atoms with van der Waals surface area (Å²) in [6.45, 7) is 8.39. The summed E-state index contributed by atoms with van der Waals surface area (Å²) >= 11 is 0. The van der Waals surface area contributed by atoms with Crippen molar-refractivity contribution in [3.63, 3.8) is 0 Å². The van der Waals surface area contributed by atoms with Gasteiger partial charge < -0.3 is 15.2 Å². The normalized spacial score (nSPS) is 11.4. The highest BCUT2D eigenvalue weighted by molar-refractivity contribution is 5.91. The molecule has 0 aliphatic heterocycles. The molecule has 1 aromatic carbocycles. The molecule has 0 fully saturated rings. The van der Waals surface area contributed by atoms with Gasteiger partial charge in [0, 0.05) is 36.8 Å². The smallest absolute Gasteiger partial charge is 0.290 e. The standard InChI is InChI=1S/C23H26N8O2/c1-14-8-15(20-25-13-26-22(29-20)28-17-11-27-31(5)12-17)6-7-16(14)10-24-21(32)18-9-19(30-33-18)23(2,3)4/h6-9,11-13H,10H2,1-5H3,(H,24,32)(H,25,26,28,29). The molecule has 2 N–H and O–H groups in total. The zero-order chi connectivity index (χ0) is 23.6. The van der Waals surface area contributed by atoms with E-state index in [1.807, 2.05) is 59.1 Å². The molecule has 0 aliphatic carbocycles. The lowest BCUT2D eigenvalue weighted by molar-refractivity contribution is 0.0913. The second-order valence-corrected chi connectivity index (χ2v) is 8.81. The maximum Gasteiger partial charge on any atom is 0.290 e. The predicted octanol–water partition coefficient (Wildman–Crippen LogP) is 3.54. The molecule has 0 saturated heterocycles. The number of hydrogen-bond donors (Lipinski definition) is 2. The molecule has 0 aliphatic rings. The lowest BCUT2D eigenvalue weighted by Gasteiger charge is -2.12. The average molecular weight is 447 g/mol. The summed E-state index contributed by atoms with van der Waals surface area (Å²) < 4.78 is 6.90. The Hall–Kier alpha value is -4.08. The Morgan fingerprint density at radius 3 is 2.67 bits per heavy atom. The molecule has 1 amide bonds. The SMILES string of the molecule is Cc1cc(-c2ncnc(Nc3cnn(C)c3)n2)ccc1CNC(=O)c1cc(C(C)(C)C)no1. The molecule has 4 rings (SSSR count). The van der Waals surface area contributed by atoms with Crippen molar-refractivity contribution in [2.24, 2.45) is 7.05 Å². The number of aromatic nitrogens is 6. The molecule has 3 heterocycles. The molecule has 10 heteroatoms. The minimum Gasteiger partial charge on any atom is -0.351 e. The summed E-state index contributed by atoms with van der Waals surface area (Å²) in [6.07, 6.45) is 4.99. The van der Waals surface area contributed by atoms with Crippen LogP contribution in [0.4, 0.5) is 11.6 Å². The lowest BCUT2D eigenvalue weighted by atomic mass is 9.92. The number of nitrogens with one attached hydrogen (secondary N) is 2. The molecule has 0 unspecified atom stereocenters. The average Bonchev–Trinajstić information content (AvgIpc) is 3.42. The van der Waals surface area contributed by atoms with Crippen molar-refractivity contribution in [2.45, 2.75) is 39.7 Å². The molecule has 0 spiro atoms. The molecule has 0 bridgehead atoms. The topological polar surface area (TPSA) is 124 Å². The number of benzene rings is 1. The van der Waals surface area contributed by atoms with Crippen LogP contribution < -0.4 is 10.6 Å². The van der Waals surface area contributed by atoms with Crippen LogP contribution in [0.2, 0.25) is 0 Å². The highest BCUT2D eigenvalue weighted by Crippen LogP contribution is 2.22. The van der Waals surface area contributed by atoms with Crippen LogP contribution in [0, 0.1) is 6.92 Å². The van der Waals surface area contributed by atoms with E-state index < -0.39 is 0 Å². The number of rotatable bonds is 6. The maximum absolute atomic E-state index is 12.5. The molecular weight excluding hydrogens is 420 g/mol. The summed E-state index contributed by atoms with van der Waals surface area (Å²) in [6, 6.07) is 7.54. The second-order valence-electron chi connectivity index (χ2n) is 8.81. The predicted molar refractivity (Wildman–Crippen MR) is 123 cm³/mol. The summed E-state index contributed by atoms with van der Waals surface area (Å²) in [7, 11) is 1.84. The Balaban J connectivity index is 1.43. The van der Waals surface area contributed by atoms with Gasteiger partial charge in [0.05, 0.1) is 17.6 Å². The van der Waals surface area contributed by atoms with E-state index in [0.717, 1.165) is 28.1 Å². The molecular formula is C23H26N8O2. The first-order valence-corrected chi connectivity index (χ1v) is 10.5. The van der Waals surface area contributed by atoms with E-state index in [2.05, 4.69) is 35.8 Å². The summed E-state index contributed by atoms with van der Waals surface area (Å²) in [5, 5.41) is 14.1. The lowest BCUT2D eigenvalue weighted by Crippen LogP contribution is -2.22. The van der Waals surface area contributed by atoms with E-state index in [4.69, 9.17) is 4.52 Å². The van der Waals surface area contributed by atoms with E-state index >= 15 is 0 Å². The van der Waals surface area contributed by atoms with Gasteiger partial charge in [0.15, 0.2) is 5.82 Å². The number of anilines is 2. The van der Waals surface area contributed by atoms with Crippen LogP contribution in [0.1, 0.15) is 48.1 Å². The fraction of sp³-hybridized carbons (Fsp3) is 0.304. The van der Waals surface area contributed by atoms with Crippen LogP contribution in [0.3, 0.4) is 0 Å². The maximum atomic E-state index is 12.5. The number of carbonyl (C=O) groups excluding carboxylic acids is 1. The number of carbonyl (C=O) groups is 1. The number of aryl methyl sites for hydroxylation is 2. The second kappa shape index (κ2) is 8.81. The van der Waals surface area contributed by atoms with Crippen molar-refractivity contribution in [3.8, 4) is 11.4 Å². The third-order valence-electron chi connectivity index (χ3n) is 5.08. The Bertz CT molecular complexity index is 1290. The monoisotopic (exact) mass is 446 g/mol. The number of hydrogen-bond acceptors (Lipinski definition) is 8. The molecule has 0 atom stereocenters. The quantitative estimate of drug-likeness (QED) is 0.461. The minimum atomic E-state index is -0.301. The molecule has 4 aromatic rings. The first kappa shape index (κ1) is 22.1. The third kappa shape index (κ3) is 5.22. The van der Waals surface area contributed by atoms with E-state index in [0.29, 0.717) is 18.3 Å². The van der Waals surface area contributed by atoms with Gasteiger partial charge in [0.2, 0.25) is 11.7 Å². The van der Waals surface area contributed by atoms with Gasteiger partial charge in [0.25, 0.3) is 5.91 Å². The van der Waals surface area contributed by atoms with E-state index in [9.17, 15) is 4.79 Å². The van der Waals surface area contributed by atoms with Gasteiger partial charge in [-0.25, -0.2) is 9.97 Å². The fourth-order valence-electron chi connectivity index (χ4n) is 3.14. The van der Waals surface area contributed by atoms with Gasteiger partial charge in [-0.05, 0) is 24.1 Å². The Morgan fingerprint density at radius 1 is 1.18 bits per heavy atom. The largest absolute Gasteiger partial charge is 0.351 e. The van der Waals surface area contributed by atoms with Crippen molar-refractivity contribution in [3.05, 3.63) is 65.6 Å². The molecule has 170 valence electrons. The Kier molecular flexibility index (Phi) is 5.91. The molecule has 33 heavy (non-hydrogen) atoms. The van der Waals surface area contributed by atoms with Gasteiger partial charge in [-0.2, -0.15) is 10.1 Å². The van der Waals surface area contributed by atoms with Crippen LogP contribution in [0.5, 0.6) is 0 Å². The minimum absolute atomic E-state index is 0.184. The number of amides is 1. The van der Waals surface area contributed by atoms with Crippen LogP contribution in [-0.4, -0.2) is 35.8 Å². The highest BCUT2D eigenvalue weighted by Gasteiger charge is 2.21. The third-order valence-corrected chi connectivity index (χ3v) is 5.08. The number of nitrogens with zero attached hydrogens (tertiary/aromatic N) is 6. The van der Waals surface area contributed by atoms with Crippen molar-refractivity contribution in [1.82, 2.24) is 35.2 Å². The van der Waals surface area contributed by atoms with Crippen LogP contribution in [-0.2, 0) is 19.0 Å². The summed E-state index contributed by atoms with van der Waals surface area (Å²) in [5.74, 6) is 0.883. The van der Waals surface area contributed by atoms with Gasteiger partial charge in [-0.1, -0.05) is 38.1 Å². The Labute approximate surface area is 191 Å². The van der Waals surface area contributed by atoms with Crippen molar-refractivity contribution in [2.75, 3.05) is 5.32 Å². The van der Waals surface area contributed by atoms with Gasteiger partial charge in [0.1, 0.15) is 6.33 Å². The van der Waals surface area contributed by atoms with Crippen molar-refractivity contribution in [1.29, 1.82) is 0 Å². The van der Waals surface area contributed by atoms with Gasteiger partial charge in [-0.3, -0.25) is 9.48 Å². The summed E-state index contributed by atoms with van der Waals surface area (Å²) in [5.41, 5.74) is 4.18. The van der Waals surface area contributed by atoms with E-state index in [1.165, 1.54) is 6.33 Å². The van der Waals surface area contributed by atoms with Crippen LogP contribution in [0.25, 0.3) is 11.4 Å². The van der Waals surface area contributed by atoms with Crippen LogP contribution in [0.15, 0.2) is 47.5 Å². The highest BCUT2D eigenvalue weighted by atomic mass is 16.5. The molecule has 10 nitrogen and oxygen atoms in total. The van der Waals surface area contributed by atoms with E-state index in [-0.39, 0.29) is 17.1 Å². The zero-order valence-corrected chi connectivity index (χ0v) is 19.2. The first-order valence-electron chi connectivity index (χ1n) is 10.5. The first-order chi connectivity index (χ1) is 15.7. The Morgan fingerprint density at radius 2 is 2.00 bits per heavy atom.